The van der Waals surface area contributed by atoms with Gasteiger partial charge in [-0.3, -0.25) is 4.79 Å². The fourth-order valence-corrected chi connectivity index (χ4v) is 1.80. The third-order valence-electron chi connectivity index (χ3n) is 2.70. The summed E-state index contributed by atoms with van der Waals surface area (Å²) in [7, 11) is 0. The quantitative estimate of drug-likeness (QED) is 0.811. The predicted octanol–water partition coefficient (Wildman–Crippen LogP) is 2.48. The van der Waals surface area contributed by atoms with Crippen LogP contribution < -0.4 is 10.1 Å². The number of hydrogen-bond acceptors (Lipinski definition) is 3. The molecule has 0 fully saturated rings. The zero-order chi connectivity index (χ0) is 15.1. The third-order valence-corrected chi connectivity index (χ3v) is 3.01. The molecular weight excluding hydrogens is 282 g/mol. The van der Waals surface area contributed by atoms with E-state index in [1.165, 1.54) is 0 Å². The van der Waals surface area contributed by atoms with Gasteiger partial charge in [-0.1, -0.05) is 37.1 Å². The van der Waals surface area contributed by atoms with E-state index in [2.05, 4.69) is 5.32 Å². The van der Waals surface area contributed by atoms with Crippen molar-refractivity contribution < 1.29 is 19.4 Å². The van der Waals surface area contributed by atoms with Crippen molar-refractivity contribution in [1.29, 1.82) is 0 Å². The first-order valence-electron chi connectivity index (χ1n) is 6.40. The molecule has 0 bridgehead atoms. The van der Waals surface area contributed by atoms with E-state index >= 15 is 0 Å². The average Bonchev–Trinajstić information content (AvgIpc) is 2.40. The van der Waals surface area contributed by atoms with Crippen molar-refractivity contribution in [2.75, 3.05) is 0 Å². The highest BCUT2D eigenvalue weighted by Crippen LogP contribution is 2.24. The van der Waals surface area contributed by atoms with Gasteiger partial charge in [0.1, 0.15) is 11.8 Å². The molecule has 0 saturated carbocycles. The highest BCUT2D eigenvalue weighted by Gasteiger charge is 2.23. The first-order chi connectivity index (χ1) is 9.45. The highest BCUT2D eigenvalue weighted by atomic mass is 35.5. The Kier molecular flexibility index (Phi) is 6.31. The van der Waals surface area contributed by atoms with E-state index in [9.17, 15) is 9.59 Å². The summed E-state index contributed by atoms with van der Waals surface area (Å²) in [4.78, 5) is 22.9. The van der Waals surface area contributed by atoms with Crippen LogP contribution in [-0.2, 0) is 9.59 Å². The molecule has 2 N–H and O–H groups in total. The Morgan fingerprint density at radius 2 is 2.05 bits per heavy atom. The second-order valence-electron chi connectivity index (χ2n) is 4.38. The number of amides is 1. The summed E-state index contributed by atoms with van der Waals surface area (Å²) in [5, 5.41) is 11.8. The van der Waals surface area contributed by atoms with Crippen LogP contribution in [0.3, 0.4) is 0 Å². The SMILES string of the molecule is CCC[C@H](NC(=O)C(C)Oc1ccccc1Cl)C(=O)O. The minimum Gasteiger partial charge on any atom is -0.480 e. The average molecular weight is 300 g/mol. The molecule has 1 aromatic carbocycles. The van der Waals surface area contributed by atoms with E-state index in [1.807, 2.05) is 6.92 Å². The van der Waals surface area contributed by atoms with Crippen LogP contribution in [0.5, 0.6) is 5.75 Å². The van der Waals surface area contributed by atoms with Crippen LogP contribution >= 0.6 is 11.6 Å². The fraction of sp³-hybridized carbons (Fsp3) is 0.429. The molecule has 1 amide bonds. The highest BCUT2D eigenvalue weighted by molar-refractivity contribution is 6.32. The molecule has 0 saturated heterocycles. The predicted molar refractivity (Wildman–Crippen MR) is 76.0 cm³/mol. The first-order valence-corrected chi connectivity index (χ1v) is 6.77. The van der Waals surface area contributed by atoms with Gasteiger partial charge in [0.25, 0.3) is 5.91 Å². The van der Waals surface area contributed by atoms with Gasteiger partial charge < -0.3 is 15.2 Å². The van der Waals surface area contributed by atoms with Crippen LogP contribution in [0.1, 0.15) is 26.7 Å². The molecule has 0 aliphatic heterocycles. The van der Waals surface area contributed by atoms with Crippen LogP contribution in [0.4, 0.5) is 0 Å². The summed E-state index contributed by atoms with van der Waals surface area (Å²) in [6.45, 7) is 3.40. The summed E-state index contributed by atoms with van der Waals surface area (Å²) in [5.74, 6) is -1.14. The standard InChI is InChI=1S/C14H18ClNO4/c1-3-6-11(14(18)19)16-13(17)9(2)20-12-8-5-4-7-10(12)15/h4-5,7-9,11H,3,6H2,1-2H3,(H,16,17)(H,18,19)/t9?,11-/m0/s1. The molecule has 0 spiro atoms. The lowest BCUT2D eigenvalue weighted by atomic mass is 10.1. The molecule has 2 atom stereocenters. The number of carbonyl (C=O) groups is 2. The molecule has 0 radical (unpaired) electrons. The van der Waals surface area contributed by atoms with Crippen molar-refractivity contribution in [3.05, 3.63) is 29.3 Å². The van der Waals surface area contributed by atoms with Gasteiger partial charge in [-0.2, -0.15) is 0 Å². The number of benzene rings is 1. The number of ether oxygens (including phenoxy) is 1. The molecule has 1 unspecified atom stereocenters. The third kappa shape index (κ3) is 4.74. The van der Waals surface area contributed by atoms with Crippen LogP contribution in [-0.4, -0.2) is 29.1 Å². The normalized spacial score (nSPS) is 13.3. The van der Waals surface area contributed by atoms with Crippen molar-refractivity contribution in [3.63, 3.8) is 0 Å². The first kappa shape index (κ1) is 16.3. The molecule has 5 nitrogen and oxygen atoms in total. The van der Waals surface area contributed by atoms with E-state index in [1.54, 1.807) is 31.2 Å². The van der Waals surface area contributed by atoms with Crippen molar-refractivity contribution in [2.24, 2.45) is 0 Å². The summed E-state index contributed by atoms with van der Waals surface area (Å²) >= 11 is 5.93. The smallest absolute Gasteiger partial charge is 0.326 e. The van der Waals surface area contributed by atoms with Crippen LogP contribution in [0, 0.1) is 0 Å². The maximum atomic E-state index is 11.9. The Balaban J connectivity index is 2.63. The van der Waals surface area contributed by atoms with Crippen LogP contribution in [0.2, 0.25) is 5.02 Å². The van der Waals surface area contributed by atoms with Gasteiger partial charge in [-0.05, 0) is 25.5 Å². The molecule has 110 valence electrons. The lowest BCUT2D eigenvalue weighted by molar-refractivity contribution is -0.143. The molecule has 1 rings (SSSR count). The van der Waals surface area contributed by atoms with E-state index in [-0.39, 0.29) is 0 Å². The number of para-hydroxylation sites is 1. The molecule has 6 heteroatoms. The van der Waals surface area contributed by atoms with Crippen molar-refractivity contribution >= 4 is 23.5 Å². The maximum absolute atomic E-state index is 11.9. The summed E-state index contributed by atoms with van der Waals surface area (Å²) in [6.07, 6.45) is 0.213. The lowest BCUT2D eigenvalue weighted by Gasteiger charge is -2.19. The summed E-state index contributed by atoms with van der Waals surface area (Å²) in [6, 6.07) is 5.89. The van der Waals surface area contributed by atoms with Crippen LogP contribution in [0.15, 0.2) is 24.3 Å². The second kappa shape index (κ2) is 7.75. The minimum atomic E-state index is -1.05. The van der Waals surface area contributed by atoms with Crippen molar-refractivity contribution in [1.82, 2.24) is 5.32 Å². The summed E-state index contributed by atoms with van der Waals surface area (Å²) < 4.78 is 5.43. The van der Waals surface area contributed by atoms with Crippen molar-refractivity contribution in [3.8, 4) is 5.75 Å². The number of carboxylic acids is 1. The van der Waals surface area contributed by atoms with E-state index in [4.69, 9.17) is 21.4 Å². The number of carbonyl (C=O) groups excluding carboxylic acids is 1. The van der Waals surface area contributed by atoms with Gasteiger partial charge in [-0.25, -0.2) is 4.79 Å². The monoisotopic (exact) mass is 299 g/mol. The zero-order valence-electron chi connectivity index (χ0n) is 11.4. The Morgan fingerprint density at radius 1 is 1.40 bits per heavy atom. The van der Waals surface area contributed by atoms with Gasteiger partial charge >= 0.3 is 5.97 Å². The lowest BCUT2D eigenvalue weighted by Crippen LogP contribution is -2.46. The van der Waals surface area contributed by atoms with Crippen molar-refractivity contribution in [2.45, 2.75) is 38.8 Å². The molecule has 0 aliphatic rings. The minimum absolute atomic E-state index is 0.375. The molecule has 0 heterocycles. The topological polar surface area (TPSA) is 75.6 Å². The Labute approximate surface area is 122 Å². The Hall–Kier alpha value is -1.75. The van der Waals surface area contributed by atoms with E-state index < -0.39 is 24.0 Å². The molecule has 0 aromatic heterocycles. The number of hydrogen-bond donors (Lipinski definition) is 2. The number of carboxylic acid groups (broad SMARTS) is 1. The number of nitrogens with one attached hydrogen (secondary N) is 1. The molecular formula is C14H18ClNO4. The van der Waals surface area contributed by atoms with Gasteiger partial charge in [0.05, 0.1) is 5.02 Å². The molecule has 20 heavy (non-hydrogen) atoms. The van der Waals surface area contributed by atoms with E-state index in [0.29, 0.717) is 23.6 Å². The summed E-state index contributed by atoms with van der Waals surface area (Å²) in [5.41, 5.74) is 0. The van der Waals surface area contributed by atoms with Gasteiger partial charge in [0, 0.05) is 0 Å². The van der Waals surface area contributed by atoms with Gasteiger partial charge in [-0.15, -0.1) is 0 Å². The Morgan fingerprint density at radius 3 is 2.60 bits per heavy atom. The van der Waals surface area contributed by atoms with Gasteiger partial charge in [0.2, 0.25) is 0 Å². The van der Waals surface area contributed by atoms with Gasteiger partial charge in [0.15, 0.2) is 6.10 Å². The number of rotatable bonds is 7. The van der Waals surface area contributed by atoms with Crippen LogP contribution in [0.25, 0.3) is 0 Å². The second-order valence-corrected chi connectivity index (χ2v) is 4.79. The molecule has 0 aliphatic carbocycles. The number of halogens is 1. The molecule has 1 aromatic rings. The van der Waals surface area contributed by atoms with E-state index in [0.717, 1.165) is 0 Å². The Bertz CT molecular complexity index is 478. The number of aliphatic carboxylic acids is 1. The zero-order valence-corrected chi connectivity index (χ0v) is 12.2. The fourth-order valence-electron chi connectivity index (χ4n) is 1.62. The maximum Gasteiger partial charge on any atom is 0.326 e. The largest absolute Gasteiger partial charge is 0.480 e.